The van der Waals surface area contributed by atoms with E-state index < -0.39 is 11.3 Å². The van der Waals surface area contributed by atoms with Crippen molar-refractivity contribution >= 4 is 5.91 Å². The van der Waals surface area contributed by atoms with Crippen LogP contribution < -0.4 is 0 Å². The first-order chi connectivity index (χ1) is 9.66. The molecule has 0 aliphatic heterocycles. The molecule has 2 unspecified atom stereocenters. The van der Waals surface area contributed by atoms with Crippen molar-refractivity contribution in [2.75, 3.05) is 13.1 Å². The quantitative estimate of drug-likeness (QED) is 0.840. The van der Waals surface area contributed by atoms with E-state index in [1.807, 2.05) is 44.2 Å². The van der Waals surface area contributed by atoms with Crippen molar-refractivity contribution in [2.45, 2.75) is 19.8 Å². The lowest BCUT2D eigenvalue weighted by Crippen LogP contribution is -2.33. The molecule has 1 amide bonds. The summed E-state index contributed by atoms with van der Waals surface area (Å²) in [5, 5.41) is 18.8. The zero-order valence-corrected chi connectivity index (χ0v) is 11.7. The Hall–Kier alpha value is -2.33. The molecule has 0 radical (unpaired) electrons. The Morgan fingerprint density at radius 3 is 2.20 bits per heavy atom. The van der Waals surface area contributed by atoms with Crippen LogP contribution in [0.3, 0.4) is 0 Å². The lowest BCUT2D eigenvalue weighted by Gasteiger charge is -2.18. The second-order valence-corrected chi connectivity index (χ2v) is 4.97. The third kappa shape index (κ3) is 1.94. The summed E-state index contributed by atoms with van der Waals surface area (Å²) < 4.78 is 0. The fraction of sp³-hybridized carbons (Fsp3) is 0.438. The number of hydrogen-bond donors (Lipinski definition) is 0. The lowest BCUT2D eigenvalue weighted by atomic mass is 10.0. The predicted octanol–water partition coefficient (Wildman–Crippen LogP) is 2.30. The van der Waals surface area contributed by atoms with Crippen molar-refractivity contribution in [3.05, 3.63) is 35.9 Å². The Labute approximate surface area is 119 Å². The van der Waals surface area contributed by atoms with Gasteiger partial charge in [0.25, 0.3) is 0 Å². The monoisotopic (exact) mass is 267 g/mol. The third-order valence-corrected chi connectivity index (χ3v) is 4.08. The van der Waals surface area contributed by atoms with E-state index in [4.69, 9.17) is 0 Å². The maximum Gasteiger partial charge on any atom is 0.229 e. The molecule has 1 aliphatic rings. The number of nitrogens with zero attached hydrogens (tertiary/aromatic N) is 3. The summed E-state index contributed by atoms with van der Waals surface area (Å²) in [7, 11) is 0. The van der Waals surface area contributed by atoms with Crippen LogP contribution in [0.15, 0.2) is 30.3 Å². The fourth-order valence-corrected chi connectivity index (χ4v) is 2.88. The fourth-order valence-electron chi connectivity index (χ4n) is 2.88. The number of carbonyl (C=O) groups excluding carboxylic acids is 1. The van der Waals surface area contributed by atoms with Crippen molar-refractivity contribution < 1.29 is 4.79 Å². The molecule has 0 N–H and O–H groups in total. The van der Waals surface area contributed by atoms with Gasteiger partial charge in [-0.2, -0.15) is 10.5 Å². The molecule has 0 bridgehead atoms. The molecule has 1 saturated carbocycles. The number of nitriles is 2. The Morgan fingerprint density at radius 1 is 1.20 bits per heavy atom. The van der Waals surface area contributed by atoms with E-state index in [1.54, 1.807) is 4.90 Å². The number of carbonyl (C=O) groups is 1. The molecule has 1 fully saturated rings. The highest BCUT2D eigenvalue weighted by Gasteiger charge is 2.71. The number of rotatable bonds is 4. The average Bonchev–Trinajstić information content (AvgIpc) is 3.18. The van der Waals surface area contributed by atoms with Gasteiger partial charge in [0, 0.05) is 19.0 Å². The predicted molar refractivity (Wildman–Crippen MR) is 74.3 cm³/mol. The first-order valence-corrected chi connectivity index (χ1v) is 6.82. The zero-order valence-electron chi connectivity index (χ0n) is 11.7. The highest BCUT2D eigenvalue weighted by atomic mass is 16.2. The van der Waals surface area contributed by atoms with Crippen LogP contribution in [0.25, 0.3) is 0 Å². The first kappa shape index (κ1) is 14.1. The van der Waals surface area contributed by atoms with Gasteiger partial charge >= 0.3 is 0 Å². The zero-order chi connectivity index (χ0) is 14.8. The molecule has 4 nitrogen and oxygen atoms in total. The maximum atomic E-state index is 12.5. The highest BCUT2D eigenvalue weighted by molar-refractivity contribution is 5.87. The summed E-state index contributed by atoms with van der Waals surface area (Å²) in [5.41, 5.74) is -0.317. The van der Waals surface area contributed by atoms with Crippen LogP contribution in [0.4, 0.5) is 0 Å². The van der Waals surface area contributed by atoms with Crippen LogP contribution >= 0.6 is 0 Å². The molecule has 0 spiro atoms. The van der Waals surface area contributed by atoms with Gasteiger partial charge in [-0.25, -0.2) is 0 Å². The molecule has 102 valence electrons. The topological polar surface area (TPSA) is 67.9 Å². The van der Waals surface area contributed by atoms with Gasteiger partial charge in [-0.05, 0) is 19.4 Å². The van der Waals surface area contributed by atoms with Crippen molar-refractivity contribution in [3.63, 3.8) is 0 Å². The summed E-state index contributed by atoms with van der Waals surface area (Å²) in [4.78, 5) is 14.2. The van der Waals surface area contributed by atoms with Gasteiger partial charge < -0.3 is 4.90 Å². The van der Waals surface area contributed by atoms with Crippen LogP contribution in [-0.2, 0) is 4.79 Å². The minimum atomic E-state index is -1.21. The van der Waals surface area contributed by atoms with E-state index in [1.165, 1.54) is 0 Å². The molecule has 0 saturated heterocycles. The summed E-state index contributed by atoms with van der Waals surface area (Å²) in [5.74, 6) is -0.946. The standard InChI is InChI=1S/C16H17N3O/c1-3-19(4-2)15(20)14-13(16(14,10-17)11-18)12-8-6-5-7-9-12/h5-9,13-14H,3-4H2,1-2H3. The molecule has 4 heteroatoms. The van der Waals surface area contributed by atoms with Crippen molar-refractivity contribution in [1.82, 2.24) is 4.90 Å². The van der Waals surface area contributed by atoms with Gasteiger partial charge in [-0.3, -0.25) is 4.79 Å². The molecule has 20 heavy (non-hydrogen) atoms. The first-order valence-electron chi connectivity index (χ1n) is 6.82. The summed E-state index contributed by atoms with van der Waals surface area (Å²) >= 11 is 0. The SMILES string of the molecule is CCN(CC)C(=O)C1C(c2ccccc2)C1(C#N)C#N. The maximum absolute atomic E-state index is 12.5. The molecular weight excluding hydrogens is 250 g/mol. The van der Waals surface area contributed by atoms with Crippen molar-refractivity contribution in [3.8, 4) is 12.1 Å². The molecule has 1 aromatic carbocycles. The summed E-state index contributed by atoms with van der Waals surface area (Å²) in [6.45, 7) is 5.00. The minimum absolute atomic E-state index is 0.0908. The highest BCUT2D eigenvalue weighted by Crippen LogP contribution is 2.64. The molecule has 0 aromatic heterocycles. The molecular formula is C16H17N3O. The van der Waals surface area contributed by atoms with Crippen molar-refractivity contribution in [1.29, 1.82) is 10.5 Å². The van der Waals surface area contributed by atoms with Gasteiger partial charge in [-0.1, -0.05) is 30.3 Å². The van der Waals surface area contributed by atoms with E-state index >= 15 is 0 Å². The van der Waals surface area contributed by atoms with Gasteiger partial charge in [0.15, 0.2) is 5.41 Å². The van der Waals surface area contributed by atoms with E-state index in [9.17, 15) is 15.3 Å². The Kier molecular flexibility index (Phi) is 3.77. The molecule has 1 aliphatic carbocycles. The third-order valence-electron chi connectivity index (χ3n) is 4.08. The Balaban J connectivity index is 2.36. The van der Waals surface area contributed by atoms with Gasteiger partial charge in [0.1, 0.15) is 0 Å². The number of amides is 1. The van der Waals surface area contributed by atoms with E-state index in [0.717, 1.165) is 5.56 Å². The van der Waals surface area contributed by atoms with Crippen LogP contribution in [0.1, 0.15) is 25.3 Å². The van der Waals surface area contributed by atoms with Gasteiger partial charge in [0.05, 0.1) is 18.1 Å². The van der Waals surface area contributed by atoms with Crippen LogP contribution in [0.2, 0.25) is 0 Å². The van der Waals surface area contributed by atoms with Crippen LogP contribution in [-0.4, -0.2) is 23.9 Å². The molecule has 2 rings (SSSR count). The van der Waals surface area contributed by atoms with Gasteiger partial charge in [0.2, 0.25) is 5.91 Å². The van der Waals surface area contributed by atoms with E-state index in [0.29, 0.717) is 13.1 Å². The summed E-state index contributed by atoms with van der Waals surface area (Å²) in [6.07, 6.45) is 0. The average molecular weight is 267 g/mol. The summed E-state index contributed by atoms with van der Waals surface area (Å²) in [6, 6.07) is 13.5. The lowest BCUT2D eigenvalue weighted by molar-refractivity contribution is -0.132. The van der Waals surface area contributed by atoms with E-state index in [-0.39, 0.29) is 11.8 Å². The molecule has 1 aromatic rings. The number of benzene rings is 1. The van der Waals surface area contributed by atoms with E-state index in [2.05, 4.69) is 12.1 Å². The van der Waals surface area contributed by atoms with Gasteiger partial charge in [-0.15, -0.1) is 0 Å². The molecule has 0 heterocycles. The normalized spacial score (nSPS) is 22.4. The van der Waals surface area contributed by atoms with Crippen molar-refractivity contribution in [2.24, 2.45) is 11.3 Å². The largest absolute Gasteiger partial charge is 0.343 e. The second kappa shape index (κ2) is 5.35. The smallest absolute Gasteiger partial charge is 0.229 e. The second-order valence-electron chi connectivity index (χ2n) is 4.97. The number of hydrogen-bond acceptors (Lipinski definition) is 3. The van der Waals surface area contributed by atoms with Crippen LogP contribution in [0.5, 0.6) is 0 Å². The Bertz CT molecular complexity index is 564. The Morgan fingerprint density at radius 2 is 1.75 bits per heavy atom. The van der Waals surface area contributed by atoms with Crippen LogP contribution in [0, 0.1) is 34.0 Å². The molecule has 2 atom stereocenters. The minimum Gasteiger partial charge on any atom is -0.343 e.